The minimum absolute atomic E-state index is 0.0192. The first-order valence-electron chi connectivity index (χ1n) is 11.0. The van der Waals surface area contributed by atoms with E-state index >= 15 is 0 Å². The van der Waals surface area contributed by atoms with Gasteiger partial charge >= 0.3 is 0 Å². The molecule has 2 amide bonds. The van der Waals surface area contributed by atoms with Crippen molar-refractivity contribution in [2.75, 3.05) is 30.8 Å². The first-order valence-corrected chi connectivity index (χ1v) is 12.9. The van der Waals surface area contributed by atoms with Gasteiger partial charge in [-0.05, 0) is 50.1 Å². The molecule has 0 fully saturated rings. The Kier molecular flexibility index (Phi) is 9.85. The van der Waals surface area contributed by atoms with Crippen LogP contribution in [-0.4, -0.2) is 57.6 Å². The number of anilines is 1. The topological polar surface area (TPSA) is 96.0 Å². The molecule has 0 unspecified atom stereocenters. The van der Waals surface area contributed by atoms with Crippen LogP contribution in [-0.2, 0) is 26.2 Å². The molecule has 0 heterocycles. The van der Waals surface area contributed by atoms with Crippen molar-refractivity contribution in [3.8, 4) is 5.75 Å². The van der Waals surface area contributed by atoms with E-state index in [2.05, 4.69) is 5.32 Å². The number of halogens is 1. The third-order valence-electron chi connectivity index (χ3n) is 5.27. The zero-order valence-corrected chi connectivity index (χ0v) is 20.8. The number of likely N-dealkylation sites (N-methyl/N-ethyl adjacent to an activating group) is 1. The lowest BCUT2D eigenvalue weighted by Gasteiger charge is -2.29. The fraction of sp³-hybridized carbons (Fsp3) is 0.417. The maximum absolute atomic E-state index is 13.3. The Bertz CT molecular complexity index is 1080. The smallest absolute Gasteiger partial charge is 0.242 e. The summed E-state index contributed by atoms with van der Waals surface area (Å²) in [5.74, 6) is -0.604. The van der Waals surface area contributed by atoms with Gasteiger partial charge < -0.3 is 15.0 Å². The molecule has 0 aromatic heterocycles. The Hall–Kier alpha value is -3.14. The lowest BCUT2D eigenvalue weighted by atomic mass is 10.1. The van der Waals surface area contributed by atoms with Crippen LogP contribution in [0.15, 0.2) is 48.5 Å². The number of para-hydroxylation sites is 2. The van der Waals surface area contributed by atoms with Crippen molar-refractivity contribution >= 4 is 27.5 Å². The largest absolute Gasteiger partial charge is 0.492 e. The molecule has 0 aliphatic carbocycles. The van der Waals surface area contributed by atoms with Gasteiger partial charge in [-0.15, -0.1) is 0 Å². The number of ether oxygens (including phenoxy) is 1. The summed E-state index contributed by atoms with van der Waals surface area (Å²) in [4.78, 5) is 26.7. The molecule has 34 heavy (non-hydrogen) atoms. The van der Waals surface area contributed by atoms with Gasteiger partial charge in [0.25, 0.3) is 0 Å². The fourth-order valence-electron chi connectivity index (χ4n) is 3.50. The Balaban J connectivity index is 2.17. The van der Waals surface area contributed by atoms with Crippen LogP contribution in [0.1, 0.15) is 32.3 Å². The number of hydrogen-bond acceptors (Lipinski definition) is 5. The Morgan fingerprint density at radius 2 is 1.76 bits per heavy atom. The lowest BCUT2D eigenvalue weighted by Crippen LogP contribution is -2.46. The first kappa shape index (κ1) is 27.1. The zero-order valence-electron chi connectivity index (χ0n) is 20.0. The number of carbonyl (C=O) groups excluding carboxylic acids is 2. The minimum Gasteiger partial charge on any atom is -0.492 e. The molecule has 2 rings (SSSR count). The number of nitrogens with zero attached hydrogens (tertiary/aromatic N) is 2. The summed E-state index contributed by atoms with van der Waals surface area (Å²) >= 11 is 0. The molecule has 186 valence electrons. The monoisotopic (exact) mass is 493 g/mol. The second kappa shape index (κ2) is 12.4. The van der Waals surface area contributed by atoms with E-state index in [0.717, 1.165) is 6.26 Å². The summed E-state index contributed by atoms with van der Waals surface area (Å²) in [5, 5.41) is 2.53. The second-order valence-electron chi connectivity index (χ2n) is 7.78. The van der Waals surface area contributed by atoms with Gasteiger partial charge in [-0.2, -0.15) is 0 Å². The van der Waals surface area contributed by atoms with Crippen LogP contribution >= 0.6 is 0 Å². The summed E-state index contributed by atoms with van der Waals surface area (Å²) in [6, 6.07) is 11.8. The Labute approximate surface area is 200 Å². The highest BCUT2D eigenvalue weighted by Crippen LogP contribution is 2.30. The van der Waals surface area contributed by atoms with Gasteiger partial charge in [0.15, 0.2) is 0 Å². The van der Waals surface area contributed by atoms with E-state index in [9.17, 15) is 22.4 Å². The van der Waals surface area contributed by atoms with E-state index in [1.807, 2.05) is 6.92 Å². The molecule has 1 N–H and O–H groups in total. The molecule has 0 aliphatic rings. The molecular formula is C24H32FN3O5S. The quantitative estimate of drug-likeness (QED) is 0.491. The molecule has 0 radical (unpaired) electrons. The minimum atomic E-state index is -3.63. The number of sulfonamides is 1. The van der Waals surface area contributed by atoms with Crippen molar-refractivity contribution in [2.24, 2.45) is 0 Å². The predicted molar refractivity (Wildman–Crippen MR) is 130 cm³/mol. The van der Waals surface area contributed by atoms with E-state index in [1.54, 1.807) is 43.3 Å². The predicted octanol–water partition coefficient (Wildman–Crippen LogP) is 2.93. The van der Waals surface area contributed by atoms with Crippen LogP contribution in [0.3, 0.4) is 0 Å². The molecule has 2 aromatic rings. The van der Waals surface area contributed by atoms with E-state index < -0.39 is 21.9 Å². The number of benzene rings is 2. The first-order chi connectivity index (χ1) is 16.1. The number of hydrogen-bond donors (Lipinski definition) is 1. The van der Waals surface area contributed by atoms with Gasteiger partial charge in [0, 0.05) is 26.6 Å². The normalized spacial score (nSPS) is 12.0. The zero-order chi connectivity index (χ0) is 25.3. The standard InChI is InChI=1S/C24H32FN3O5S/c1-5-33-22-10-7-6-9-21(22)28(34(4,31)32)16-8-11-23(29)27(18(2)24(30)26-3)17-19-12-14-20(25)15-13-19/h6-7,9-10,12-15,18H,5,8,11,16-17H2,1-4H3,(H,26,30)/t18-/m1/s1. The van der Waals surface area contributed by atoms with E-state index in [0.29, 0.717) is 23.6 Å². The molecule has 2 aromatic carbocycles. The highest BCUT2D eigenvalue weighted by Gasteiger charge is 2.26. The van der Waals surface area contributed by atoms with Crippen LogP contribution in [0.5, 0.6) is 5.75 Å². The lowest BCUT2D eigenvalue weighted by molar-refractivity contribution is -0.140. The fourth-order valence-corrected chi connectivity index (χ4v) is 4.47. The van der Waals surface area contributed by atoms with Crippen LogP contribution in [0.4, 0.5) is 10.1 Å². The highest BCUT2D eigenvalue weighted by atomic mass is 32.2. The summed E-state index contributed by atoms with van der Waals surface area (Å²) in [7, 11) is -2.15. The number of carbonyl (C=O) groups is 2. The van der Waals surface area contributed by atoms with Gasteiger partial charge in [0.1, 0.15) is 17.6 Å². The molecule has 0 aliphatic heterocycles. The average molecular weight is 494 g/mol. The molecule has 0 spiro atoms. The van der Waals surface area contributed by atoms with Crippen molar-refractivity contribution in [3.63, 3.8) is 0 Å². The van der Waals surface area contributed by atoms with Crippen LogP contribution < -0.4 is 14.4 Å². The molecule has 0 bridgehead atoms. The van der Waals surface area contributed by atoms with Crippen molar-refractivity contribution in [2.45, 2.75) is 39.3 Å². The molecular weight excluding hydrogens is 461 g/mol. The SMILES string of the molecule is CCOc1ccccc1N(CCCC(=O)N(Cc1ccc(F)cc1)[C@H](C)C(=O)NC)S(C)(=O)=O. The van der Waals surface area contributed by atoms with Crippen molar-refractivity contribution in [3.05, 3.63) is 59.9 Å². The van der Waals surface area contributed by atoms with Crippen molar-refractivity contribution in [1.82, 2.24) is 10.2 Å². The Morgan fingerprint density at radius 1 is 1.12 bits per heavy atom. The van der Waals surface area contributed by atoms with Gasteiger partial charge in [-0.1, -0.05) is 24.3 Å². The maximum atomic E-state index is 13.3. The third kappa shape index (κ3) is 7.44. The van der Waals surface area contributed by atoms with Gasteiger partial charge in [-0.25, -0.2) is 12.8 Å². The van der Waals surface area contributed by atoms with E-state index in [1.165, 1.54) is 28.4 Å². The maximum Gasteiger partial charge on any atom is 0.242 e. The van der Waals surface area contributed by atoms with Crippen molar-refractivity contribution in [1.29, 1.82) is 0 Å². The number of rotatable bonds is 12. The third-order valence-corrected chi connectivity index (χ3v) is 6.45. The van der Waals surface area contributed by atoms with Crippen molar-refractivity contribution < 1.29 is 27.1 Å². The molecule has 10 heteroatoms. The second-order valence-corrected chi connectivity index (χ2v) is 9.68. The number of amides is 2. The summed E-state index contributed by atoms with van der Waals surface area (Å²) in [5.41, 5.74) is 1.08. The summed E-state index contributed by atoms with van der Waals surface area (Å²) in [6.07, 6.45) is 1.35. The number of nitrogens with one attached hydrogen (secondary N) is 1. The van der Waals surface area contributed by atoms with E-state index in [-0.39, 0.29) is 37.7 Å². The molecule has 0 saturated heterocycles. The summed E-state index contributed by atoms with van der Waals surface area (Å²) in [6.45, 7) is 3.98. The molecule has 0 saturated carbocycles. The Morgan fingerprint density at radius 3 is 2.35 bits per heavy atom. The molecule has 1 atom stereocenters. The van der Waals surface area contributed by atoms with Crippen LogP contribution in [0.2, 0.25) is 0 Å². The van der Waals surface area contributed by atoms with Gasteiger partial charge in [0.2, 0.25) is 21.8 Å². The van der Waals surface area contributed by atoms with Gasteiger partial charge in [-0.3, -0.25) is 13.9 Å². The molecule has 8 nitrogen and oxygen atoms in total. The summed E-state index contributed by atoms with van der Waals surface area (Å²) < 4.78 is 45.1. The van der Waals surface area contributed by atoms with E-state index in [4.69, 9.17) is 4.74 Å². The van der Waals surface area contributed by atoms with Gasteiger partial charge in [0.05, 0.1) is 18.6 Å². The average Bonchev–Trinajstić information content (AvgIpc) is 2.80. The van der Waals surface area contributed by atoms with Crippen LogP contribution in [0.25, 0.3) is 0 Å². The van der Waals surface area contributed by atoms with Crippen LogP contribution in [0, 0.1) is 5.82 Å². The highest BCUT2D eigenvalue weighted by molar-refractivity contribution is 7.92.